The van der Waals surface area contributed by atoms with Crippen molar-refractivity contribution in [2.45, 2.75) is 51.7 Å². The van der Waals surface area contributed by atoms with Gasteiger partial charge in [0.2, 0.25) is 0 Å². The molecule has 16 heavy (non-hydrogen) atoms. The third-order valence-corrected chi connectivity index (χ3v) is 4.92. The Morgan fingerprint density at radius 2 is 1.75 bits per heavy atom. The molecule has 0 aliphatic carbocycles. The summed E-state index contributed by atoms with van der Waals surface area (Å²) < 4.78 is 28.0. The summed E-state index contributed by atoms with van der Waals surface area (Å²) >= 11 is 0. The summed E-state index contributed by atoms with van der Waals surface area (Å²) in [6.07, 6.45) is 2.18. The molecule has 1 heterocycles. The molecular formula is C10H22N2O3S. The number of nitrogens with one attached hydrogen (secondary N) is 1. The van der Waals surface area contributed by atoms with Crippen LogP contribution in [0.25, 0.3) is 0 Å². The van der Waals surface area contributed by atoms with Gasteiger partial charge in [0.05, 0.1) is 11.6 Å². The molecule has 0 aromatic rings. The topological polar surface area (TPSA) is 69.6 Å². The fraction of sp³-hybridized carbons (Fsp3) is 1.00. The van der Waals surface area contributed by atoms with Crippen LogP contribution in [0.5, 0.6) is 0 Å². The molecule has 0 aromatic heterocycles. The Kier molecular flexibility index (Phi) is 4.34. The highest BCUT2D eigenvalue weighted by molar-refractivity contribution is 7.87. The molecule has 0 amide bonds. The summed E-state index contributed by atoms with van der Waals surface area (Å²) in [6.45, 7) is 6.09. The SMILES string of the molecule is CC(O)C(C)(C)NS(=O)(=O)N1CCCCC1. The van der Waals surface area contributed by atoms with Crippen molar-refractivity contribution >= 4 is 10.2 Å². The van der Waals surface area contributed by atoms with E-state index in [4.69, 9.17) is 0 Å². The van der Waals surface area contributed by atoms with E-state index in [1.165, 1.54) is 4.31 Å². The van der Waals surface area contributed by atoms with Crippen molar-refractivity contribution in [1.82, 2.24) is 9.03 Å². The molecule has 1 fully saturated rings. The zero-order valence-corrected chi connectivity index (χ0v) is 11.0. The first-order valence-electron chi connectivity index (χ1n) is 5.73. The van der Waals surface area contributed by atoms with Gasteiger partial charge in [-0.25, -0.2) is 0 Å². The van der Waals surface area contributed by atoms with E-state index in [9.17, 15) is 13.5 Å². The summed E-state index contributed by atoms with van der Waals surface area (Å²) in [7, 11) is -3.46. The fourth-order valence-corrected chi connectivity index (χ4v) is 3.29. The average molecular weight is 250 g/mol. The first kappa shape index (κ1) is 13.9. The Hall–Kier alpha value is -0.170. The Labute approximate surface area is 98.0 Å². The summed E-state index contributed by atoms with van der Waals surface area (Å²) in [4.78, 5) is 0. The number of hydrogen-bond acceptors (Lipinski definition) is 3. The van der Waals surface area contributed by atoms with E-state index in [1.807, 2.05) is 0 Å². The molecule has 1 aliphatic rings. The van der Waals surface area contributed by atoms with Gasteiger partial charge in [-0.15, -0.1) is 0 Å². The minimum atomic E-state index is -3.46. The lowest BCUT2D eigenvalue weighted by Crippen LogP contribution is -2.56. The lowest BCUT2D eigenvalue weighted by molar-refractivity contribution is 0.110. The Bertz CT molecular complexity index is 319. The van der Waals surface area contributed by atoms with Gasteiger partial charge in [-0.05, 0) is 33.6 Å². The Morgan fingerprint density at radius 3 is 2.19 bits per heavy atom. The maximum Gasteiger partial charge on any atom is 0.280 e. The van der Waals surface area contributed by atoms with Gasteiger partial charge in [0.15, 0.2) is 0 Å². The number of aliphatic hydroxyl groups excluding tert-OH is 1. The van der Waals surface area contributed by atoms with Crippen LogP contribution in [0.3, 0.4) is 0 Å². The van der Waals surface area contributed by atoms with Crippen molar-refractivity contribution in [3.8, 4) is 0 Å². The minimum absolute atomic E-state index is 0.575. The molecule has 6 heteroatoms. The Balaban J connectivity index is 2.71. The lowest BCUT2D eigenvalue weighted by atomic mass is 10.0. The van der Waals surface area contributed by atoms with E-state index >= 15 is 0 Å². The molecular weight excluding hydrogens is 228 g/mol. The molecule has 0 spiro atoms. The second-order valence-electron chi connectivity index (χ2n) is 4.96. The second-order valence-corrected chi connectivity index (χ2v) is 6.64. The summed E-state index contributed by atoms with van der Waals surface area (Å²) in [5, 5.41) is 9.50. The smallest absolute Gasteiger partial charge is 0.280 e. The monoisotopic (exact) mass is 250 g/mol. The number of piperidine rings is 1. The van der Waals surface area contributed by atoms with E-state index in [0.29, 0.717) is 13.1 Å². The highest BCUT2D eigenvalue weighted by atomic mass is 32.2. The van der Waals surface area contributed by atoms with E-state index in [-0.39, 0.29) is 0 Å². The van der Waals surface area contributed by atoms with Crippen LogP contribution in [0.4, 0.5) is 0 Å². The predicted molar refractivity (Wildman–Crippen MR) is 63.2 cm³/mol. The number of aliphatic hydroxyl groups is 1. The third kappa shape index (κ3) is 3.41. The van der Waals surface area contributed by atoms with E-state index < -0.39 is 21.9 Å². The van der Waals surface area contributed by atoms with Gasteiger partial charge in [-0.3, -0.25) is 0 Å². The number of nitrogens with zero attached hydrogens (tertiary/aromatic N) is 1. The van der Waals surface area contributed by atoms with Crippen LogP contribution in [-0.4, -0.2) is 42.6 Å². The molecule has 1 rings (SSSR count). The third-order valence-electron chi connectivity index (χ3n) is 3.09. The molecule has 0 radical (unpaired) electrons. The van der Waals surface area contributed by atoms with Crippen molar-refractivity contribution < 1.29 is 13.5 Å². The van der Waals surface area contributed by atoms with Crippen molar-refractivity contribution in [3.63, 3.8) is 0 Å². The normalized spacial score (nSPS) is 22.0. The van der Waals surface area contributed by atoms with Crippen LogP contribution in [-0.2, 0) is 10.2 Å². The molecule has 0 aromatic carbocycles. The highest BCUT2D eigenvalue weighted by Gasteiger charge is 2.33. The maximum absolute atomic E-state index is 12.0. The summed E-state index contributed by atoms with van der Waals surface area (Å²) in [6, 6.07) is 0. The molecule has 0 saturated carbocycles. The molecule has 1 atom stereocenters. The van der Waals surface area contributed by atoms with Crippen LogP contribution in [0, 0.1) is 0 Å². The van der Waals surface area contributed by atoms with Crippen LogP contribution >= 0.6 is 0 Å². The number of hydrogen-bond donors (Lipinski definition) is 2. The van der Waals surface area contributed by atoms with Crippen molar-refractivity contribution in [2.75, 3.05) is 13.1 Å². The van der Waals surface area contributed by atoms with Crippen LogP contribution in [0.1, 0.15) is 40.0 Å². The van der Waals surface area contributed by atoms with E-state index in [2.05, 4.69) is 4.72 Å². The first-order chi connectivity index (χ1) is 7.26. The summed E-state index contributed by atoms with van der Waals surface area (Å²) in [5.41, 5.74) is -0.837. The predicted octanol–water partition coefficient (Wildman–Crippen LogP) is 0.466. The van der Waals surface area contributed by atoms with Crippen LogP contribution in [0.15, 0.2) is 0 Å². The molecule has 96 valence electrons. The van der Waals surface area contributed by atoms with Crippen LogP contribution in [0.2, 0.25) is 0 Å². The van der Waals surface area contributed by atoms with Gasteiger partial charge in [-0.2, -0.15) is 17.4 Å². The van der Waals surface area contributed by atoms with E-state index in [0.717, 1.165) is 19.3 Å². The first-order valence-corrected chi connectivity index (χ1v) is 7.17. The van der Waals surface area contributed by atoms with E-state index in [1.54, 1.807) is 20.8 Å². The minimum Gasteiger partial charge on any atom is -0.391 e. The average Bonchev–Trinajstić information content (AvgIpc) is 2.17. The Morgan fingerprint density at radius 1 is 1.25 bits per heavy atom. The standard InChI is InChI=1S/C10H22N2O3S/c1-9(13)10(2,3)11-16(14,15)12-7-5-4-6-8-12/h9,11,13H,4-8H2,1-3H3. The largest absolute Gasteiger partial charge is 0.391 e. The zero-order valence-electron chi connectivity index (χ0n) is 10.2. The zero-order chi connectivity index (χ0) is 12.4. The summed E-state index contributed by atoms with van der Waals surface area (Å²) in [5.74, 6) is 0. The highest BCUT2D eigenvalue weighted by Crippen LogP contribution is 2.16. The van der Waals surface area contributed by atoms with Gasteiger partial charge >= 0.3 is 0 Å². The fourth-order valence-electron chi connectivity index (χ4n) is 1.59. The second kappa shape index (κ2) is 5.00. The molecule has 5 nitrogen and oxygen atoms in total. The molecule has 0 bridgehead atoms. The van der Waals surface area contributed by atoms with Crippen LogP contribution < -0.4 is 4.72 Å². The molecule has 1 unspecified atom stereocenters. The van der Waals surface area contributed by atoms with Crippen molar-refractivity contribution in [1.29, 1.82) is 0 Å². The van der Waals surface area contributed by atoms with Gasteiger partial charge < -0.3 is 5.11 Å². The molecule has 1 saturated heterocycles. The van der Waals surface area contributed by atoms with Gasteiger partial charge in [0.1, 0.15) is 0 Å². The number of rotatable bonds is 4. The van der Waals surface area contributed by atoms with Crippen molar-refractivity contribution in [3.05, 3.63) is 0 Å². The van der Waals surface area contributed by atoms with Gasteiger partial charge in [0.25, 0.3) is 10.2 Å². The lowest BCUT2D eigenvalue weighted by Gasteiger charge is -2.33. The molecule has 2 N–H and O–H groups in total. The quantitative estimate of drug-likeness (QED) is 0.762. The molecule has 1 aliphatic heterocycles. The maximum atomic E-state index is 12.0. The van der Waals surface area contributed by atoms with Gasteiger partial charge in [-0.1, -0.05) is 6.42 Å². The van der Waals surface area contributed by atoms with Gasteiger partial charge in [0, 0.05) is 13.1 Å². The van der Waals surface area contributed by atoms with Crippen molar-refractivity contribution in [2.24, 2.45) is 0 Å².